The zero-order valence-electron chi connectivity index (χ0n) is 22.0. The summed E-state index contributed by atoms with van der Waals surface area (Å²) in [5.74, 6) is 1.19. The fraction of sp³-hybridized carbons (Fsp3) is 0.710. The molecule has 0 amide bonds. The lowest BCUT2D eigenvalue weighted by atomic mass is 10.0. The number of nitrogens with zero attached hydrogens (tertiary/aromatic N) is 2. The van der Waals surface area contributed by atoms with Crippen molar-refractivity contribution < 1.29 is 0 Å². The maximum Gasteiger partial charge on any atom is 0.105 e. The smallest absolute Gasteiger partial charge is 0.105 e. The second-order valence-electron chi connectivity index (χ2n) is 10.1. The molecule has 0 spiro atoms. The quantitative estimate of drug-likeness (QED) is 0.172. The van der Waals surface area contributed by atoms with E-state index in [9.17, 15) is 0 Å². The van der Waals surface area contributed by atoms with E-state index in [1.807, 2.05) is 0 Å². The first-order valence-corrected chi connectivity index (χ1v) is 14.4. The third-order valence-electron chi connectivity index (χ3n) is 7.02. The van der Waals surface area contributed by atoms with Crippen LogP contribution in [0.1, 0.15) is 133 Å². The Bertz CT molecular complexity index is 688. The molecule has 0 aliphatic carbocycles. The summed E-state index contributed by atoms with van der Waals surface area (Å²) in [7, 11) is 0. The van der Waals surface area contributed by atoms with E-state index in [1.165, 1.54) is 126 Å². The highest BCUT2D eigenvalue weighted by Gasteiger charge is 2.04. The van der Waals surface area contributed by atoms with Crippen molar-refractivity contribution in [3.05, 3.63) is 53.6 Å². The van der Waals surface area contributed by atoms with Gasteiger partial charge in [-0.05, 0) is 38.2 Å². The van der Waals surface area contributed by atoms with Gasteiger partial charge in [0.05, 0.1) is 5.69 Å². The second kappa shape index (κ2) is 18.8. The number of hydrogen-bond acceptors (Lipinski definition) is 1. The van der Waals surface area contributed by atoms with Gasteiger partial charge in [0.1, 0.15) is 5.82 Å². The average molecular weight is 453 g/mol. The van der Waals surface area contributed by atoms with E-state index in [2.05, 4.69) is 54.9 Å². The third-order valence-corrected chi connectivity index (χ3v) is 7.02. The van der Waals surface area contributed by atoms with Crippen LogP contribution in [0.2, 0.25) is 0 Å². The lowest BCUT2D eigenvalue weighted by molar-refractivity contribution is 0.519. The summed E-state index contributed by atoms with van der Waals surface area (Å²) in [4.78, 5) is 4.80. The van der Waals surface area contributed by atoms with Crippen LogP contribution < -0.4 is 0 Å². The highest BCUT2D eigenvalue weighted by Crippen LogP contribution is 2.15. The van der Waals surface area contributed by atoms with Gasteiger partial charge in [-0.1, -0.05) is 134 Å². The Morgan fingerprint density at radius 1 is 0.606 bits per heavy atom. The number of aromatic nitrogens is 2. The number of imidazole rings is 1. The SMILES string of the molecule is CCCCCCCCCCCCCCCCCCn1cc(CCCc2ccccc2)nc1C. The van der Waals surface area contributed by atoms with Crippen LogP contribution in [0.15, 0.2) is 36.5 Å². The molecule has 2 aromatic rings. The van der Waals surface area contributed by atoms with Crippen LogP contribution in [0.25, 0.3) is 0 Å². The Labute approximate surface area is 205 Å². The predicted molar refractivity (Wildman–Crippen MR) is 145 cm³/mol. The number of aryl methyl sites for hydroxylation is 4. The Hall–Kier alpha value is -1.57. The summed E-state index contributed by atoms with van der Waals surface area (Å²) < 4.78 is 2.38. The lowest BCUT2D eigenvalue weighted by Crippen LogP contribution is -1.99. The molecule has 0 unspecified atom stereocenters. The molecule has 33 heavy (non-hydrogen) atoms. The number of benzene rings is 1. The fourth-order valence-electron chi connectivity index (χ4n) is 4.87. The molecule has 1 aromatic carbocycles. The minimum atomic E-state index is 1.09. The number of unbranched alkanes of at least 4 members (excludes halogenated alkanes) is 15. The minimum absolute atomic E-state index is 1.09. The van der Waals surface area contributed by atoms with Crippen LogP contribution in [0, 0.1) is 6.92 Å². The van der Waals surface area contributed by atoms with Crippen molar-refractivity contribution in [3.63, 3.8) is 0 Å². The summed E-state index contributed by atoms with van der Waals surface area (Å²) in [6, 6.07) is 10.8. The van der Waals surface area contributed by atoms with Crippen molar-refractivity contribution in [3.8, 4) is 0 Å². The van der Waals surface area contributed by atoms with E-state index < -0.39 is 0 Å². The van der Waals surface area contributed by atoms with Gasteiger partial charge < -0.3 is 4.57 Å². The normalized spacial score (nSPS) is 11.3. The fourth-order valence-corrected chi connectivity index (χ4v) is 4.87. The van der Waals surface area contributed by atoms with Gasteiger partial charge in [0.2, 0.25) is 0 Å². The molecular weight excluding hydrogens is 400 g/mol. The van der Waals surface area contributed by atoms with Crippen molar-refractivity contribution in [2.75, 3.05) is 0 Å². The molecule has 0 N–H and O–H groups in total. The third kappa shape index (κ3) is 13.7. The molecule has 0 aliphatic rings. The van der Waals surface area contributed by atoms with Crippen molar-refractivity contribution in [1.29, 1.82) is 0 Å². The van der Waals surface area contributed by atoms with Crippen LogP contribution >= 0.6 is 0 Å². The standard InChI is InChI=1S/C31H52N2/c1-3-4-5-6-7-8-9-10-11-12-13-14-15-16-17-21-27-33-28-31(32-29(33)2)26-22-25-30-23-19-18-20-24-30/h18-20,23-24,28H,3-17,21-22,25-27H2,1-2H3. The molecule has 0 saturated heterocycles. The predicted octanol–water partition coefficient (Wildman–Crippen LogP) is 9.63. The minimum Gasteiger partial charge on any atom is -0.335 e. The molecular formula is C31H52N2. The van der Waals surface area contributed by atoms with E-state index >= 15 is 0 Å². The molecule has 1 aromatic heterocycles. The molecule has 186 valence electrons. The molecule has 2 nitrogen and oxygen atoms in total. The van der Waals surface area contributed by atoms with Crippen LogP contribution in [-0.4, -0.2) is 9.55 Å². The van der Waals surface area contributed by atoms with Gasteiger partial charge in [-0.15, -0.1) is 0 Å². The summed E-state index contributed by atoms with van der Waals surface area (Å²) >= 11 is 0. The van der Waals surface area contributed by atoms with Crippen LogP contribution in [0.3, 0.4) is 0 Å². The molecule has 0 fully saturated rings. The summed E-state index contributed by atoms with van der Waals surface area (Å²) in [6.07, 6.45) is 28.6. The lowest BCUT2D eigenvalue weighted by Gasteiger charge is -2.05. The van der Waals surface area contributed by atoms with Gasteiger partial charge in [0.15, 0.2) is 0 Å². The average Bonchev–Trinajstić information content (AvgIpc) is 3.18. The van der Waals surface area contributed by atoms with Gasteiger partial charge >= 0.3 is 0 Å². The molecule has 0 aliphatic heterocycles. The molecule has 2 rings (SSSR count). The largest absolute Gasteiger partial charge is 0.335 e. The maximum atomic E-state index is 4.80. The zero-order valence-corrected chi connectivity index (χ0v) is 22.0. The van der Waals surface area contributed by atoms with Crippen LogP contribution in [0.5, 0.6) is 0 Å². The molecule has 1 heterocycles. The van der Waals surface area contributed by atoms with E-state index in [-0.39, 0.29) is 0 Å². The highest BCUT2D eigenvalue weighted by molar-refractivity contribution is 5.15. The first-order chi connectivity index (χ1) is 16.3. The Morgan fingerprint density at radius 2 is 1.12 bits per heavy atom. The summed E-state index contributed by atoms with van der Waals surface area (Å²) in [5, 5.41) is 0. The van der Waals surface area contributed by atoms with Gasteiger partial charge in [-0.2, -0.15) is 0 Å². The van der Waals surface area contributed by atoms with Crippen LogP contribution in [-0.2, 0) is 19.4 Å². The summed E-state index contributed by atoms with van der Waals surface area (Å²) in [6.45, 7) is 5.59. The Kier molecular flexibility index (Phi) is 15.8. The molecule has 0 radical (unpaired) electrons. The summed E-state index contributed by atoms with van der Waals surface area (Å²) in [5.41, 5.74) is 2.70. The van der Waals surface area contributed by atoms with E-state index in [0.29, 0.717) is 0 Å². The monoisotopic (exact) mass is 452 g/mol. The number of hydrogen-bond donors (Lipinski definition) is 0. The first kappa shape index (κ1) is 27.7. The molecule has 0 bridgehead atoms. The number of rotatable bonds is 21. The molecule has 2 heteroatoms. The van der Waals surface area contributed by atoms with Crippen molar-refractivity contribution in [2.45, 2.75) is 142 Å². The molecule has 0 saturated carbocycles. The zero-order chi connectivity index (χ0) is 23.4. The Balaban J connectivity index is 1.39. The highest BCUT2D eigenvalue weighted by atomic mass is 15.1. The topological polar surface area (TPSA) is 17.8 Å². The van der Waals surface area contributed by atoms with E-state index in [4.69, 9.17) is 4.98 Å². The maximum absolute atomic E-state index is 4.80. The Morgan fingerprint density at radius 3 is 1.67 bits per heavy atom. The van der Waals surface area contributed by atoms with Gasteiger partial charge in [-0.25, -0.2) is 4.98 Å². The second-order valence-corrected chi connectivity index (χ2v) is 10.1. The van der Waals surface area contributed by atoms with Gasteiger partial charge in [-0.3, -0.25) is 0 Å². The van der Waals surface area contributed by atoms with Crippen molar-refractivity contribution in [2.24, 2.45) is 0 Å². The van der Waals surface area contributed by atoms with Crippen molar-refractivity contribution in [1.82, 2.24) is 9.55 Å². The molecule has 0 atom stereocenters. The van der Waals surface area contributed by atoms with Gasteiger partial charge in [0.25, 0.3) is 0 Å². The van der Waals surface area contributed by atoms with Gasteiger partial charge in [0, 0.05) is 12.7 Å². The van der Waals surface area contributed by atoms with E-state index in [0.717, 1.165) is 19.4 Å². The van der Waals surface area contributed by atoms with E-state index in [1.54, 1.807) is 0 Å². The van der Waals surface area contributed by atoms with Crippen LogP contribution in [0.4, 0.5) is 0 Å². The van der Waals surface area contributed by atoms with Crippen molar-refractivity contribution >= 4 is 0 Å². The first-order valence-electron chi connectivity index (χ1n) is 14.4.